The lowest BCUT2D eigenvalue weighted by Gasteiger charge is -2.26. The number of rotatable bonds is 8. The Bertz CT molecular complexity index is 335. The first-order valence-electron chi connectivity index (χ1n) is 7.59. The Kier molecular flexibility index (Phi) is 7.32. The molecule has 1 fully saturated rings. The van der Waals surface area contributed by atoms with E-state index in [-0.39, 0.29) is 5.75 Å². The maximum atomic E-state index is 12.1. The summed E-state index contributed by atoms with van der Waals surface area (Å²) in [6, 6.07) is 0.419. The Morgan fingerprint density at radius 2 is 1.84 bits per heavy atom. The molecule has 0 radical (unpaired) electrons. The summed E-state index contributed by atoms with van der Waals surface area (Å²) in [6.07, 6.45) is 6.90. The van der Waals surface area contributed by atoms with Gasteiger partial charge >= 0.3 is 0 Å². The van der Waals surface area contributed by atoms with Crippen LogP contribution in [-0.4, -0.2) is 44.7 Å². The van der Waals surface area contributed by atoms with Crippen molar-refractivity contribution < 1.29 is 8.42 Å². The van der Waals surface area contributed by atoms with Crippen molar-refractivity contribution in [3.63, 3.8) is 0 Å². The van der Waals surface area contributed by atoms with Crippen LogP contribution in [-0.2, 0) is 10.0 Å². The molecule has 4 nitrogen and oxygen atoms in total. The maximum absolute atomic E-state index is 12.1. The van der Waals surface area contributed by atoms with Crippen LogP contribution >= 0.6 is 0 Å². The van der Waals surface area contributed by atoms with Gasteiger partial charge in [-0.25, -0.2) is 12.7 Å². The Morgan fingerprint density at radius 1 is 1.21 bits per heavy atom. The second-order valence-electron chi connectivity index (χ2n) is 6.06. The molecule has 0 aromatic carbocycles. The SMILES string of the molecule is CC(C)NCCCS(=O)(=O)N(C)CC1CCCCC1. The molecule has 0 aliphatic heterocycles. The largest absolute Gasteiger partial charge is 0.314 e. The van der Waals surface area contributed by atoms with Crippen molar-refractivity contribution in [1.29, 1.82) is 0 Å². The van der Waals surface area contributed by atoms with Gasteiger partial charge in [0.2, 0.25) is 10.0 Å². The van der Waals surface area contributed by atoms with Crippen LogP contribution in [0.4, 0.5) is 0 Å². The lowest BCUT2D eigenvalue weighted by molar-refractivity contribution is 0.300. The zero-order chi connectivity index (χ0) is 14.3. The fourth-order valence-corrected chi connectivity index (χ4v) is 3.91. The summed E-state index contributed by atoms with van der Waals surface area (Å²) < 4.78 is 25.9. The first-order valence-corrected chi connectivity index (χ1v) is 9.20. The van der Waals surface area contributed by atoms with E-state index in [1.54, 1.807) is 11.4 Å². The van der Waals surface area contributed by atoms with E-state index in [1.807, 2.05) is 0 Å². The molecule has 1 rings (SSSR count). The van der Waals surface area contributed by atoms with Gasteiger partial charge in [-0.2, -0.15) is 0 Å². The minimum absolute atomic E-state index is 0.260. The normalized spacial score (nSPS) is 18.4. The zero-order valence-electron chi connectivity index (χ0n) is 12.7. The third-order valence-corrected chi connectivity index (χ3v) is 5.75. The average molecular weight is 290 g/mol. The van der Waals surface area contributed by atoms with Crippen LogP contribution in [0.1, 0.15) is 52.4 Å². The summed E-state index contributed by atoms with van der Waals surface area (Å²) in [6.45, 7) is 5.63. The molecule has 1 saturated carbocycles. The van der Waals surface area contributed by atoms with Gasteiger partial charge < -0.3 is 5.32 Å². The van der Waals surface area contributed by atoms with Crippen LogP contribution < -0.4 is 5.32 Å². The second-order valence-corrected chi connectivity index (χ2v) is 8.26. The average Bonchev–Trinajstić information content (AvgIpc) is 2.35. The van der Waals surface area contributed by atoms with E-state index in [9.17, 15) is 8.42 Å². The highest BCUT2D eigenvalue weighted by Gasteiger charge is 2.22. The molecular weight excluding hydrogens is 260 g/mol. The van der Waals surface area contributed by atoms with E-state index in [2.05, 4.69) is 19.2 Å². The van der Waals surface area contributed by atoms with Crippen molar-refractivity contribution >= 4 is 10.0 Å². The summed E-state index contributed by atoms with van der Waals surface area (Å²) in [5.74, 6) is 0.831. The van der Waals surface area contributed by atoms with Gasteiger partial charge in [0, 0.05) is 19.6 Å². The molecule has 0 aromatic rings. The quantitative estimate of drug-likeness (QED) is 0.697. The van der Waals surface area contributed by atoms with Crippen molar-refractivity contribution in [1.82, 2.24) is 9.62 Å². The third kappa shape index (κ3) is 6.72. The molecule has 0 spiro atoms. The number of nitrogens with one attached hydrogen (secondary N) is 1. The van der Waals surface area contributed by atoms with Gasteiger partial charge in [0.25, 0.3) is 0 Å². The van der Waals surface area contributed by atoms with Crippen molar-refractivity contribution in [2.24, 2.45) is 5.92 Å². The monoisotopic (exact) mass is 290 g/mol. The Balaban J connectivity index is 2.29. The van der Waals surface area contributed by atoms with E-state index >= 15 is 0 Å². The van der Waals surface area contributed by atoms with Crippen LogP contribution in [0.15, 0.2) is 0 Å². The molecule has 0 aromatic heterocycles. The molecule has 0 unspecified atom stereocenters. The molecule has 0 amide bonds. The summed E-state index contributed by atoms with van der Waals surface area (Å²) in [5, 5.41) is 3.26. The second kappa shape index (κ2) is 8.22. The minimum Gasteiger partial charge on any atom is -0.314 e. The van der Waals surface area contributed by atoms with Gasteiger partial charge in [-0.15, -0.1) is 0 Å². The van der Waals surface area contributed by atoms with Gasteiger partial charge in [-0.05, 0) is 31.7 Å². The maximum Gasteiger partial charge on any atom is 0.213 e. The molecule has 0 heterocycles. The van der Waals surface area contributed by atoms with Crippen LogP contribution in [0.3, 0.4) is 0 Å². The van der Waals surface area contributed by atoms with Gasteiger partial charge in [0.1, 0.15) is 0 Å². The first-order chi connectivity index (χ1) is 8.92. The Labute approximate surface area is 119 Å². The van der Waals surface area contributed by atoms with E-state index in [0.717, 1.165) is 6.54 Å². The number of nitrogens with zero attached hydrogens (tertiary/aromatic N) is 1. The molecule has 0 saturated heterocycles. The summed E-state index contributed by atoms with van der Waals surface area (Å²) in [7, 11) is -1.33. The third-order valence-electron chi connectivity index (χ3n) is 3.85. The van der Waals surface area contributed by atoms with Crippen molar-refractivity contribution in [2.75, 3.05) is 25.9 Å². The molecule has 0 atom stereocenters. The smallest absolute Gasteiger partial charge is 0.213 e. The van der Waals surface area contributed by atoms with Crippen LogP contribution in [0.2, 0.25) is 0 Å². The van der Waals surface area contributed by atoms with E-state index < -0.39 is 10.0 Å². The summed E-state index contributed by atoms with van der Waals surface area (Å²) in [5.41, 5.74) is 0. The highest BCUT2D eigenvalue weighted by molar-refractivity contribution is 7.89. The molecule has 19 heavy (non-hydrogen) atoms. The molecule has 1 aliphatic rings. The molecule has 0 bridgehead atoms. The number of hydrogen-bond donors (Lipinski definition) is 1. The van der Waals surface area contributed by atoms with E-state index in [0.29, 0.717) is 24.9 Å². The summed E-state index contributed by atoms with van der Waals surface area (Å²) in [4.78, 5) is 0. The predicted molar refractivity (Wildman–Crippen MR) is 80.7 cm³/mol. The van der Waals surface area contributed by atoms with E-state index in [4.69, 9.17) is 0 Å². The van der Waals surface area contributed by atoms with Gasteiger partial charge in [0.15, 0.2) is 0 Å². The minimum atomic E-state index is -3.06. The Morgan fingerprint density at radius 3 is 2.42 bits per heavy atom. The first kappa shape index (κ1) is 16.9. The zero-order valence-corrected chi connectivity index (χ0v) is 13.5. The van der Waals surface area contributed by atoms with Crippen LogP contribution in [0.5, 0.6) is 0 Å². The highest BCUT2D eigenvalue weighted by Crippen LogP contribution is 2.24. The molecular formula is C14H30N2O2S. The van der Waals surface area contributed by atoms with Crippen molar-refractivity contribution in [3.8, 4) is 0 Å². The van der Waals surface area contributed by atoms with Crippen LogP contribution in [0, 0.1) is 5.92 Å². The fraction of sp³-hybridized carbons (Fsp3) is 1.00. The number of hydrogen-bond acceptors (Lipinski definition) is 3. The number of sulfonamides is 1. The topological polar surface area (TPSA) is 49.4 Å². The summed E-state index contributed by atoms with van der Waals surface area (Å²) >= 11 is 0. The lowest BCUT2D eigenvalue weighted by Crippen LogP contribution is -2.35. The van der Waals surface area contributed by atoms with Crippen molar-refractivity contribution in [3.05, 3.63) is 0 Å². The highest BCUT2D eigenvalue weighted by atomic mass is 32.2. The molecule has 114 valence electrons. The van der Waals surface area contributed by atoms with Crippen molar-refractivity contribution in [2.45, 2.75) is 58.4 Å². The van der Waals surface area contributed by atoms with Gasteiger partial charge in [0.05, 0.1) is 5.75 Å². The standard InChI is InChI=1S/C14H30N2O2S/c1-13(2)15-10-7-11-19(17,18)16(3)12-14-8-5-4-6-9-14/h13-15H,4-12H2,1-3H3. The molecule has 1 N–H and O–H groups in total. The van der Waals surface area contributed by atoms with Gasteiger partial charge in [-0.3, -0.25) is 0 Å². The van der Waals surface area contributed by atoms with Gasteiger partial charge in [-0.1, -0.05) is 33.1 Å². The van der Waals surface area contributed by atoms with E-state index in [1.165, 1.54) is 32.1 Å². The fourth-order valence-electron chi connectivity index (χ4n) is 2.65. The molecule has 5 heteroatoms. The molecule has 1 aliphatic carbocycles. The lowest BCUT2D eigenvalue weighted by atomic mass is 9.89. The van der Waals surface area contributed by atoms with Crippen LogP contribution in [0.25, 0.3) is 0 Å². The predicted octanol–water partition coefficient (Wildman–Crippen LogP) is 2.22. The Hall–Kier alpha value is -0.130.